The van der Waals surface area contributed by atoms with Gasteiger partial charge in [0.25, 0.3) is 0 Å². The smallest absolute Gasteiger partial charge is 0.179 e. The fourth-order valence-corrected chi connectivity index (χ4v) is 1.85. The number of rotatable bonds is 7. The number of carbonyl (C=O) groups excluding carboxylic acids is 1. The van der Waals surface area contributed by atoms with Crippen LogP contribution in [0, 0.1) is 0 Å². The van der Waals surface area contributed by atoms with Crippen LogP contribution in [0.1, 0.15) is 37.0 Å². The summed E-state index contributed by atoms with van der Waals surface area (Å²) < 4.78 is 5.51. The first-order chi connectivity index (χ1) is 9.06. The van der Waals surface area contributed by atoms with Crippen molar-refractivity contribution in [2.45, 2.75) is 38.8 Å². The lowest BCUT2D eigenvalue weighted by Crippen LogP contribution is -2.35. The van der Waals surface area contributed by atoms with Gasteiger partial charge in [-0.25, -0.2) is 0 Å². The summed E-state index contributed by atoms with van der Waals surface area (Å²) in [7, 11) is 0. The second-order valence-corrected chi connectivity index (χ2v) is 5.30. The average Bonchev–Trinajstić information content (AvgIpc) is 3.20. The Balaban J connectivity index is 1.92. The van der Waals surface area contributed by atoms with Gasteiger partial charge in [0.15, 0.2) is 5.78 Å². The third-order valence-corrected chi connectivity index (χ3v) is 3.08. The molecule has 102 valence electrons. The molecule has 0 amide bonds. The minimum Gasteiger partial charge on any atom is -0.489 e. The van der Waals surface area contributed by atoms with Crippen LogP contribution >= 0.6 is 0 Å². The Morgan fingerprint density at radius 3 is 2.58 bits per heavy atom. The number of carbonyl (C=O) groups is 1. The van der Waals surface area contributed by atoms with Crippen LogP contribution < -0.4 is 10.1 Å². The molecule has 3 heteroatoms. The van der Waals surface area contributed by atoms with Gasteiger partial charge in [-0.2, -0.15) is 0 Å². The van der Waals surface area contributed by atoms with E-state index in [1.165, 1.54) is 12.8 Å². The third kappa shape index (κ3) is 4.21. The molecule has 1 fully saturated rings. The predicted octanol–water partition coefficient (Wildman–Crippen LogP) is 2.96. The molecule has 1 aromatic rings. The lowest BCUT2D eigenvalue weighted by atomic mass is 10.1. The van der Waals surface area contributed by atoms with Crippen LogP contribution in [-0.2, 0) is 0 Å². The lowest BCUT2D eigenvalue weighted by molar-refractivity contribution is 0.0950. The predicted molar refractivity (Wildman–Crippen MR) is 76.7 cm³/mol. The van der Waals surface area contributed by atoms with E-state index in [1.54, 1.807) is 0 Å². The molecular weight excluding hydrogens is 238 g/mol. The molecule has 0 bridgehead atoms. The van der Waals surface area contributed by atoms with Gasteiger partial charge in [-0.15, -0.1) is 0 Å². The Labute approximate surface area is 114 Å². The Kier molecular flexibility index (Phi) is 4.38. The molecule has 1 aliphatic rings. The molecule has 0 aliphatic heterocycles. The van der Waals surface area contributed by atoms with Gasteiger partial charge in [-0.1, -0.05) is 6.58 Å². The highest BCUT2D eigenvalue weighted by atomic mass is 16.5. The van der Waals surface area contributed by atoms with Crippen molar-refractivity contribution in [2.75, 3.05) is 6.61 Å². The fraction of sp³-hybridized carbons (Fsp3) is 0.438. The van der Waals surface area contributed by atoms with E-state index >= 15 is 0 Å². The molecule has 1 aromatic carbocycles. The van der Waals surface area contributed by atoms with Crippen molar-refractivity contribution >= 4 is 5.78 Å². The summed E-state index contributed by atoms with van der Waals surface area (Å²) in [4.78, 5) is 12.2. The summed E-state index contributed by atoms with van der Waals surface area (Å²) in [5.74, 6) is 0.903. The minimum atomic E-state index is -0.116. The van der Waals surface area contributed by atoms with Crippen LogP contribution in [0.2, 0.25) is 0 Å². The number of Topliss-reactive ketones (excluding diaryl/α,β-unsaturated/α-hetero) is 1. The Morgan fingerprint density at radius 2 is 2.05 bits per heavy atom. The molecule has 0 spiro atoms. The van der Waals surface area contributed by atoms with Crippen molar-refractivity contribution in [3.63, 3.8) is 0 Å². The number of benzene rings is 1. The highest BCUT2D eigenvalue weighted by molar-refractivity contribution is 5.99. The highest BCUT2D eigenvalue weighted by Gasteiger charge is 2.26. The third-order valence-electron chi connectivity index (χ3n) is 3.08. The van der Waals surface area contributed by atoms with Gasteiger partial charge in [0.1, 0.15) is 12.4 Å². The van der Waals surface area contributed by atoms with Gasteiger partial charge in [0.05, 0.1) is 6.04 Å². The second kappa shape index (κ2) is 6.02. The topological polar surface area (TPSA) is 38.3 Å². The maximum absolute atomic E-state index is 12.2. The maximum Gasteiger partial charge on any atom is 0.179 e. The van der Waals surface area contributed by atoms with Crippen molar-refractivity contribution in [3.8, 4) is 5.75 Å². The normalized spacial score (nSPS) is 15.9. The van der Waals surface area contributed by atoms with E-state index in [1.807, 2.05) is 38.1 Å². The van der Waals surface area contributed by atoms with Gasteiger partial charge in [-0.3, -0.25) is 4.79 Å². The molecule has 0 saturated heterocycles. The fourth-order valence-electron chi connectivity index (χ4n) is 1.85. The molecular formula is C16H21NO2. The molecule has 1 unspecified atom stereocenters. The van der Waals surface area contributed by atoms with Crippen LogP contribution in [0.5, 0.6) is 5.75 Å². The molecule has 0 radical (unpaired) electrons. The Morgan fingerprint density at radius 1 is 1.42 bits per heavy atom. The monoisotopic (exact) mass is 259 g/mol. The van der Waals surface area contributed by atoms with Gasteiger partial charge in [0, 0.05) is 11.6 Å². The van der Waals surface area contributed by atoms with Crippen molar-refractivity contribution in [1.29, 1.82) is 0 Å². The van der Waals surface area contributed by atoms with Crippen molar-refractivity contribution in [3.05, 3.63) is 42.0 Å². The summed E-state index contributed by atoms with van der Waals surface area (Å²) in [5, 5.41) is 3.31. The van der Waals surface area contributed by atoms with Gasteiger partial charge >= 0.3 is 0 Å². The second-order valence-electron chi connectivity index (χ2n) is 5.30. The molecule has 2 rings (SSSR count). The summed E-state index contributed by atoms with van der Waals surface area (Å²) in [6.45, 7) is 8.13. The summed E-state index contributed by atoms with van der Waals surface area (Å²) in [6, 6.07) is 7.73. The quantitative estimate of drug-likeness (QED) is 0.604. The Hall–Kier alpha value is -1.61. The molecule has 19 heavy (non-hydrogen) atoms. The highest BCUT2D eigenvalue weighted by Crippen LogP contribution is 2.20. The maximum atomic E-state index is 12.2. The number of hydrogen-bond acceptors (Lipinski definition) is 3. The summed E-state index contributed by atoms with van der Waals surface area (Å²) in [6.07, 6.45) is 2.37. The summed E-state index contributed by atoms with van der Waals surface area (Å²) in [5.41, 5.74) is 1.70. The molecule has 1 aliphatic carbocycles. The van der Waals surface area contributed by atoms with Gasteiger partial charge in [0.2, 0.25) is 0 Å². The van der Waals surface area contributed by atoms with E-state index in [4.69, 9.17) is 4.74 Å². The molecule has 0 aromatic heterocycles. The molecule has 1 atom stereocenters. The largest absolute Gasteiger partial charge is 0.489 e. The zero-order chi connectivity index (χ0) is 13.8. The van der Waals surface area contributed by atoms with E-state index < -0.39 is 0 Å². The molecule has 1 saturated carbocycles. The first kappa shape index (κ1) is 13.8. The van der Waals surface area contributed by atoms with E-state index in [0.29, 0.717) is 12.6 Å². The lowest BCUT2D eigenvalue weighted by Gasteiger charge is -2.12. The van der Waals surface area contributed by atoms with Gasteiger partial charge < -0.3 is 10.1 Å². The molecule has 3 nitrogen and oxygen atoms in total. The molecule has 1 N–H and O–H groups in total. The standard InChI is InChI=1S/C16H21NO2/c1-11(2)10-19-15-8-4-13(5-9-15)16(18)12(3)17-14-6-7-14/h4-5,8-9,12,14,17H,1,6-7,10H2,2-3H3. The van der Waals surface area contributed by atoms with Crippen LogP contribution in [0.4, 0.5) is 0 Å². The van der Waals surface area contributed by atoms with Crippen LogP contribution in [0.3, 0.4) is 0 Å². The minimum absolute atomic E-state index is 0.116. The van der Waals surface area contributed by atoms with Crippen molar-refractivity contribution in [2.24, 2.45) is 0 Å². The van der Waals surface area contributed by atoms with E-state index in [-0.39, 0.29) is 11.8 Å². The molecule has 0 heterocycles. The first-order valence-electron chi connectivity index (χ1n) is 6.74. The van der Waals surface area contributed by atoms with Crippen LogP contribution in [-0.4, -0.2) is 24.5 Å². The van der Waals surface area contributed by atoms with Gasteiger partial charge in [-0.05, 0) is 56.5 Å². The number of ketones is 1. The zero-order valence-electron chi connectivity index (χ0n) is 11.6. The van der Waals surface area contributed by atoms with Crippen LogP contribution in [0.25, 0.3) is 0 Å². The first-order valence-corrected chi connectivity index (χ1v) is 6.74. The Bertz CT molecular complexity index is 460. The van der Waals surface area contributed by atoms with Crippen molar-refractivity contribution in [1.82, 2.24) is 5.32 Å². The number of hydrogen-bond donors (Lipinski definition) is 1. The number of nitrogens with one attached hydrogen (secondary N) is 1. The number of ether oxygens (including phenoxy) is 1. The van der Waals surface area contributed by atoms with E-state index in [9.17, 15) is 4.79 Å². The zero-order valence-corrected chi connectivity index (χ0v) is 11.6. The van der Waals surface area contributed by atoms with E-state index in [0.717, 1.165) is 16.9 Å². The summed E-state index contributed by atoms with van der Waals surface area (Å²) >= 11 is 0. The SMILES string of the molecule is C=C(C)COc1ccc(C(=O)C(C)NC2CC2)cc1. The van der Waals surface area contributed by atoms with E-state index in [2.05, 4.69) is 11.9 Å². The van der Waals surface area contributed by atoms with Crippen LogP contribution in [0.15, 0.2) is 36.4 Å². The average molecular weight is 259 g/mol. The van der Waals surface area contributed by atoms with Crippen molar-refractivity contribution < 1.29 is 9.53 Å².